The van der Waals surface area contributed by atoms with Crippen LogP contribution in [0.3, 0.4) is 0 Å². The number of fused-ring (bicyclic) bond motifs is 1. The molecule has 0 saturated carbocycles. The Morgan fingerprint density at radius 2 is 2.06 bits per heavy atom. The molecule has 2 N–H and O–H groups in total. The Labute approximate surface area is 100 Å². The van der Waals surface area contributed by atoms with Crippen LogP contribution in [-0.2, 0) is 0 Å². The average Bonchev–Trinajstić information content (AvgIpc) is 2.70. The van der Waals surface area contributed by atoms with E-state index >= 15 is 0 Å². The third kappa shape index (κ3) is 1.74. The largest absolute Gasteiger partial charge is 0.351 e. The molecule has 1 fully saturated rings. The Balaban J connectivity index is 2.01. The van der Waals surface area contributed by atoms with Crippen molar-refractivity contribution >= 4 is 16.9 Å². The van der Waals surface area contributed by atoms with Crippen LogP contribution in [0.4, 0.5) is 5.82 Å². The second-order valence-electron chi connectivity index (χ2n) is 4.60. The molecule has 2 heterocycles. The van der Waals surface area contributed by atoms with Gasteiger partial charge in [-0.3, -0.25) is 4.98 Å². The van der Waals surface area contributed by atoms with Crippen molar-refractivity contribution in [3.8, 4) is 0 Å². The minimum Gasteiger partial charge on any atom is -0.351 e. The first-order chi connectivity index (χ1) is 8.25. The molecule has 1 aliphatic rings. The van der Waals surface area contributed by atoms with E-state index in [1.165, 1.54) is 0 Å². The number of benzene rings is 1. The zero-order valence-corrected chi connectivity index (χ0v) is 9.87. The van der Waals surface area contributed by atoms with Gasteiger partial charge in [-0.25, -0.2) is 4.98 Å². The predicted molar refractivity (Wildman–Crippen MR) is 68.9 cm³/mol. The van der Waals surface area contributed by atoms with Gasteiger partial charge in [0.2, 0.25) is 0 Å². The lowest BCUT2D eigenvalue weighted by Gasteiger charge is -2.23. The van der Waals surface area contributed by atoms with Crippen molar-refractivity contribution in [2.24, 2.45) is 5.73 Å². The molecule has 1 aromatic carbocycles. The Morgan fingerprint density at radius 1 is 1.29 bits per heavy atom. The van der Waals surface area contributed by atoms with Gasteiger partial charge in [-0.05, 0) is 25.5 Å². The fourth-order valence-electron chi connectivity index (χ4n) is 2.37. The van der Waals surface area contributed by atoms with Gasteiger partial charge in [0.15, 0.2) is 0 Å². The van der Waals surface area contributed by atoms with Gasteiger partial charge >= 0.3 is 0 Å². The predicted octanol–water partition coefficient (Wildman–Crippen LogP) is 1.56. The third-order valence-electron chi connectivity index (χ3n) is 3.54. The maximum Gasteiger partial charge on any atom is 0.148 e. The molecule has 2 aromatic rings. The second kappa shape index (κ2) is 3.96. The van der Waals surface area contributed by atoms with Crippen LogP contribution in [0.5, 0.6) is 0 Å². The van der Waals surface area contributed by atoms with Crippen LogP contribution in [0.25, 0.3) is 11.0 Å². The fourth-order valence-corrected chi connectivity index (χ4v) is 2.37. The normalized spacial score (nSPS) is 24.5. The quantitative estimate of drug-likeness (QED) is 0.804. The summed E-state index contributed by atoms with van der Waals surface area (Å²) in [6.07, 6.45) is 2.87. The summed E-state index contributed by atoms with van der Waals surface area (Å²) in [5.74, 6) is 0.934. The Morgan fingerprint density at radius 3 is 2.76 bits per heavy atom. The number of anilines is 1. The SMILES string of the molecule is CC1C(N)CCN1c1cnc2ccccc2n1. The number of nitrogens with two attached hydrogens (primary N) is 1. The maximum atomic E-state index is 6.03. The van der Waals surface area contributed by atoms with Gasteiger partial charge < -0.3 is 10.6 Å². The molecule has 3 rings (SSSR count). The molecule has 0 bridgehead atoms. The topological polar surface area (TPSA) is 55.0 Å². The minimum absolute atomic E-state index is 0.239. The summed E-state index contributed by atoms with van der Waals surface area (Å²) < 4.78 is 0. The molecule has 0 spiro atoms. The smallest absolute Gasteiger partial charge is 0.148 e. The van der Waals surface area contributed by atoms with Gasteiger partial charge in [-0.1, -0.05) is 12.1 Å². The van der Waals surface area contributed by atoms with Crippen LogP contribution in [-0.4, -0.2) is 28.6 Å². The molecule has 4 nitrogen and oxygen atoms in total. The lowest BCUT2D eigenvalue weighted by Crippen LogP contribution is -2.37. The third-order valence-corrected chi connectivity index (χ3v) is 3.54. The second-order valence-corrected chi connectivity index (χ2v) is 4.60. The highest BCUT2D eigenvalue weighted by atomic mass is 15.3. The molecule has 2 unspecified atom stereocenters. The first-order valence-corrected chi connectivity index (χ1v) is 6.00. The first-order valence-electron chi connectivity index (χ1n) is 6.00. The highest BCUT2D eigenvalue weighted by molar-refractivity contribution is 5.75. The Kier molecular flexibility index (Phi) is 2.44. The Hall–Kier alpha value is -1.68. The van der Waals surface area contributed by atoms with Crippen LogP contribution in [0.15, 0.2) is 30.5 Å². The molecule has 0 amide bonds. The number of hydrogen-bond acceptors (Lipinski definition) is 4. The molecule has 17 heavy (non-hydrogen) atoms. The first kappa shape index (κ1) is 10.5. The van der Waals surface area contributed by atoms with E-state index < -0.39 is 0 Å². The molecule has 2 atom stereocenters. The van der Waals surface area contributed by atoms with Crippen molar-refractivity contribution in [1.29, 1.82) is 0 Å². The Bertz CT molecular complexity index is 540. The molecule has 4 heteroatoms. The van der Waals surface area contributed by atoms with Crippen LogP contribution in [0, 0.1) is 0 Å². The van der Waals surface area contributed by atoms with Crippen molar-refractivity contribution in [3.63, 3.8) is 0 Å². The van der Waals surface area contributed by atoms with Crippen molar-refractivity contribution in [3.05, 3.63) is 30.5 Å². The number of hydrogen-bond donors (Lipinski definition) is 1. The van der Waals surface area contributed by atoms with Crippen LogP contribution >= 0.6 is 0 Å². The van der Waals surface area contributed by atoms with Crippen molar-refractivity contribution in [2.45, 2.75) is 25.4 Å². The molecular weight excluding hydrogens is 212 g/mol. The van der Waals surface area contributed by atoms with E-state index in [9.17, 15) is 0 Å². The zero-order valence-electron chi connectivity index (χ0n) is 9.87. The van der Waals surface area contributed by atoms with E-state index in [1.807, 2.05) is 30.5 Å². The summed E-state index contributed by atoms with van der Waals surface area (Å²) in [6.45, 7) is 3.11. The summed E-state index contributed by atoms with van der Waals surface area (Å²) in [5.41, 5.74) is 7.91. The van der Waals surface area contributed by atoms with Gasteiger partial charge in [0, 0.05) is 18.6 Å². The molecule has 1 aliphatic heterocycles. The van der Waals surface area contributed by atoms with E-state index in [-0.39, 0.29) is 6.04 Å². The monoisotopic (exact) mass is 228 g/mol. The van der Waals surface area contributed by atoms with E-state index in [0.717, 1.165) is 29.8 Å². The van der Waals surface area contributed by atoms with E-state index in [1.54, 1.807) is 0 Å². The molecule has 1 aromatic heterocycles. The summed E-state index contributed by atoms with van der Waals surface area (Å²) in [7, 11) is 0. The van der Waals surface area contributed by atoms with Gasteiger partial charge in [0.25, 0.3) is 0 Å². The summed E-state index contributed by atoms with van der Waals surface area (Å²) in [5, 5.41) is 0. The minimum atomic E-state index is 0.239. The summed E-state index contributed by atoms with van der Waals surface area (Å²) in [6, 6.07) is 8.51. The van der Waals surface area contributed by atoms with Gasteiger partial charge in [0.1, 0.15) is 5.82 Å². The molecule has 0 aliphatic carbocycles. The lowest BCUT2D eigenvalue weighted by molar-refractivity contribution is 0.621. The zero-order chi connectivity index (χ0) is 11.8. The van der Waals surface area contributed by atoms with E-state index in [2.05, 4.69) is 21.8 Å². The molecular formula is C13H16N4. The summed E-state index contributed by atoms with van der Waals surface area (Å²) in [4.78, 5) is 11.3. The van der Waals surface area contributed by atoms with E-state index in [4.69, 9.17) is 5.73 Å². The maximum absolute atomic E-state index is 6.03. The number of rotatable bonds is 1. The van der Waals surface area contributed by atoms with E-state index in [0.29, 0.717) is 6.04 Å². The number of para-hydroxylation sites is 2. The van der Waals surface area contributed by atoms with Crippen molar-refractivity contribution in [2.75, 3.05) is 11.4 Å². The lowest BCUT2D eigenvalue weighted by atomic mass is 10.2. The summed E-state index contributed by atoms with van der Waals surface area (Å²) >= 11 is 0. The van der Waals surface area contributed by atoms with Gasteiger partial charge in [-0.15, -0.1) is 0 Å². The number of aromatic nitrogens is 2. The number of nitrogens with zero attached hydrogens (tertiary/aromatic N) is 3. The van der Waals surface area contributed by atoms with Gasteiger partial charge in [0.05, 0.1) is 17.2 Å². The standard InChI is InChI=1S/C13H16N4/c1-9-10(14)6-7-17(9)13-8-15-11-4-2-3-5-12(11)16-13/h2-5,8-10H,6-7,14H2,1H3. The molecule has 1 saturated heterocycles. The molecule has 0 radical (unpaired) electrons. The highest BCUT2D eigenvalue weighted by Crippen LogP contribution is 2.23. The van der Waals surface area contributed by atoms with Gasteiger partial charge in [-0.2, -0.15) is 0 Å². The van der Waals surface area contributed by atoms with Crippen LogP contribution in [0.2, 0.25) is 0 Å². The fraction of sp³-hybridized carbons (Fsp3) is 0.385. The van der Waals surface area contributed by atoms with Crippen molar-refractivity contribution in [1.82, 2.24) is 9.97 Å². The van der Waals surface area contributed by atoms with Crippen LogP contribution < -0.4 is 10.6 Å². The highest BCUT2D eigenvalue weighted by Gasteiger charge is 2.28. The van der Waals surface area contributed by atoms with Crippen molar-refractivity contribution < 1.29 is 0 Å². The average molecular weight is 228 g/mol. The van der Waals surface area contributed by atoms with Crippen LogP contribution in [0.1, 0.15) is 13.3 Å². The molecule has 88 valence electrons.